The number of methoxy groups -OCH3 is 1. The summed E-state index contributed by atoms with van der Waals surface area (Å²) in [5.41, 5.74) is 1.19. The van der Waals surface area contributed by atoms with Crippen LogP contribution in [0.5, 0.6) is 11.5 Å². The monoisotopic (exact) mass is 277 g/mol. The van der Waals surface area contributed by atoms with Crippen molar-refractivity contribution in [1.29, 1.82) is 0 Å². The zero-order chi connectivity index (χ0) is 14.4. The molecule has 0 aliphatic heterocycles. The molecule has 3 nitrogen and oxygen atoms in total. The van der Waals surface area contributed by atoms with Crippen molar-refractivity contribution in [1.82, 2.24) is 5.32 Å². The third-order valence-electron chi connectivity index (χ3n) is 4.33. The van der Waals surface area contributed by atoms with Gasteiger partial charge in [-0.3, -0.25) is 0 Å². The van der Waals surface area contributed by atoms with Crippen LogP contribution in [0.1, 0.15) is 37.7 Å². The van der Waals surface area contributed by atoms with Gasteiger partial charge in [0, 0.05) is 6.04 Å². The zero-order valence-corrected chi connectivity index (χ0v) is 12.9. The van der Waals surface area contributed by atoms with Gasteiger partial charge in [-0.05, 0) is 50.4 Å². The third kappa shape index (κ3) is 3.89. The predicted molar refractivity (Wildman–Crippen MR) is 82.6 cm³/mol. The molecule has 1 aliphatic rings. The first-order chi connectivity index (χ1) is 9.74. The number of hydrogen-bond donors (Lipinski definition) is 1. The summed E-state index contributed by atoms with van der Waals surface area (Å²) in [6, 6.07) is 6.51. The molecule has 3 heteroatoms. The van der Waals surface area contributed by atoms with Gasteiger partial charge in [0.25, 0.3) is 0 Å². The summed E-state index contributed by atoms with van der Waals surface area (Å²) in [5.74, 6) is 2.41. The van der Waals surface area contributed by atoms with E-state index in [1.807, 2.05) is 19.2 Å². The molecule has 0 saturated heterocycles. The van der Waals surface area contributed by atoms with E-state index in [0.29, 0.717) is 12.6 Å². The molecule has 1 aromatic rings. The van der Waals surface area contributed by atoms with Crippen molar-refractivity contribution in [2.24, 2.45) is 5.92 Å². The second kappa shape index (κ2) is 7.53. The van der Waals surface area contributed by atoms with Gasteiger partial charge in [-0.2, -0.15) is 0 Å². The summed E-state index contributed by atoms with van der Waals surface area (Å²) >= 11 is 0. The molecule has 1 saturated carbocycles. The molecule has 1 fully saturated rings. The molecule has 1 N–H and O–H groups in total. The van der Waals surface area contributed by atoms with Gasteiger partial charge in [0.2, 0.25) is 0 Å². The zero-order valence-electron chi connectivity index (χ0n) is 12.9. The summed E-state index contributed by atoms with van der Waals surface area (Å²) < 4.78 is 11.4. The largest absolute Gasteiger partial charge is 0.493 e. The van der Waals surface area contributed by atoms with Crippen LogP contribution >= 0.6 is 0 Å². The summed E-state index contributed by atoms with van der Waals surface area (Å²) in [5, 5.41) is 3.43. The van der Waals surface area contributed by atoms with Crippen molar-refractivity contribution in [2.75, 3.05) is 20.8 Å². The van der Waals surface area contributed by atoms with Gasteiger partial charge in [-0.1, -0.05) is 25.3 Å². The first-order valence-electron chi connectivity index (χ1n) is 7.69. The molecule has 20 heavy (non-hydrogen) atoms. The summed E-state index contributed by atoms with van der Waals surface area (Å²) in [7, 11) is 3.73. The van der Waals surface area contributed by atoms with E-state index in [2.05, 4.69) is 18.3 Å². The van der Waals surface area contributed by atoms with Crippen molar-refractivity contribution in [2.45, 2.75) is 45.1 Å². The van der Waals surface area contributed by atoms with E-state index in [0.717, 1.165) is 17.4 Å². The Labute approximate surface area is 122 Å². The molecule has 0 radical (unpaired) electrons. The maximum absolute atomic E-state index is 6.00. The Morgan fingerprint density at radius 2 is 1.95 bits per heavy atom. The molecule has 1 aromatic carbocycles. The van der Waals surface area contributed by atoms with Crippen LogP contribution in [0.4, 0.5) is 0 Å². The van der Waals surface area contributed by atoms with Crippen LogP contribution in [-0.4, -0.2) is 26.8 Å². The molecule has 1 unspecified atom stereocenters. The van der Waals surface area contributed by atoms with Crippen molar-refractivity contribution >= 4 is 0 Å². The average molecular weight is 277 g/mol. The lowest BCUT2D eigenvalue weighted by Gasteiger charge is -2.30. The average Bonchev–Trinajstić information content (AvgIpc) is 2.50. The Hall–Kier alpha value is -1.22. The Balaban J connectivity index is 1.95. The van der Waals surface area contributed by atoms with E-state index in [1.165, 1.54) is 37.7 Å². The molecule has 0 amide bonds. The molecule has 0 heterocycles. The minimum absolute atomic E-state index is 0.432. The quantitative estimate of drug-likeness (QED) is 0.862. The first kappa shape index (κ1) is 15.2. The molecule has 1 atom stereocenters. The second-order valence-corrected chi connectivity index (χ2v) is 5.76. The van der Waals surface area contributed by atoms with Gasteiger partial charge >= 0.3 is 0 Å². The number of likely N-dealkylation sites (N-methyl/N-ethyl adjacent to an activating group) is 1. The highest BCUT2D eigenvalue weighted by Crippen LogP contribution is 2.30. The van der Waals surface area contributed by atoms with Gasteiger partial charge in [0.05, 0.1) is 7.11 Å². The second-order valence-electron chi connectivity index (χ2n) is 5.76. The minimum Gasteiger partial charge on any atom is -0.493 e. The minimum atomic E-state index is 0.432. The first-order valence-corrected chi connectivity index (χ1v) is 7.69. The highest BCUT2D eigenvalue weighted by atomic mass is 16.5. The standard InChI is InChI=1S/C17H27NO2/c1-13-9-10-16(17(11-13)19-3)20-12-15(18-2)14-7-5-4-6-8-14/h9-11,14-15,18H,4-8,12H2,1-3H3. The van der Waals surface area contributed by atoms with Crippen LogP contribution < -0.4 is 14.8 Å². The van der Waals surface area contributed by atoms with Crippen LogP contribution in [0.25, 0.3) is 0 Å². The van der Waals surface area contributed by atoms with Gasteiger partial charge in [-0.25, -0.2) is 0 Å². The predicted octanol–water partition coefficient (Wildman–Crippen LogP) is 3.55. The lowest BCUT2D eigenvalue weighted by molar-refractivity contribution is 0.188. The van der Waals surface area contributed by atoms with Crippen LogP contribution in [0.2, 0.25) is 0 Å². The van der Waals surface area contributed by atoms with Crippen molar-refractivity contribution < 1.29 is 9.47 Å². The van der Waals surface area contributed by atoms with Crippen LogP contribution in [-0.2, 0) is 0 Å². The van der Waals surface area contributed by atoms with E-state index in [4.69, 9.17) is 9.47 Å². The highest BCUT2D eigenvalue weighted by molar-refractivity contribution is 5.42. The molecule has 0 spiro atoms. The van der Waals surface area contributed by atoms with Crippen molar-refractivity contribution in [3.05, 3.63) is 23.8 Å². The van der Waals surface area contributed by atoms with Gasteiger partial charge < -0.3 is 14.8 Å². The maximum atomic E-state index is 6.00. The molecular formula is C17H27NO2. The van der Waals surface area contributed by atoms with E-state index in [1.54, 1.807) is 7.11 Å². The fourth-order valence-electron chi connectivity index (χ4n) is 3.07. The van der Waals surface area contributed by atoms with E-state index < -0.39 is 0 Å². The smallest absolute Gasteiger partial charge is 0.161 e. The fraction of sp³-hybridized carbons (Fsp3) is 0.647. The number of nitrogens with one attached hydrogen (secondary N) is 1. The number of aryl methyl sites for hydroxylation is 1. The third-order valence-corrected chi connectivity index (χ3v) is 4.33. The topological polar surface area (TPSA) is 30.5 Å². The lowest BCUT2D eigenvalue weighted by atomic mass is 9.84. The van der Waals surface area contributed by atoms with E-state index in [9.17, 15) is 0 Å². The Kier molecular flexibility index (Phi) is 5.72. The van der Waals surface area contributed by atoms with Crippen LogP contribution in [0.15, 0.2) is 18.2 Å². The summed E-state index contributed by atoms with van der Waals surface area (Å²) in [6.07, 6.45) is 6.74. The highest BCUT2D eigenvalue weighted by Gasteiger charge is 2.23. The van der Waals surface area contributed by atoms with E-state index in [-0.39, 0.29) is 0 Å². The number of benzene rings is 1. The van der Waals surface area contributed by atoms with Gasteiger partial charge in [0.1, 0.15) is 6.61 Å². The van der Waals surface area contributed by atoms with Gasteiger partial charge in [0.15, 0.2) is 11.5 Å². The normalized spacial score (nSPS) is 17.8. The van der Waals surface area contributed by atoms with Crippen LogP contribution in [0.3, 0.4) is 0 Å². The Morgan fingerprint density at radius 3 is 2.60 bits per heavy atom. The SMILES string of the molecule is CNC(COc1ccc(C)cc1OC)C1CCCCC1. The molecule has 0 aromatic heterocycles. The molecule has 1 aliphatic carbocycles. The van der Waals surface area contributed by atoms with Gasteiger partial charge in [-0.15, -0.1) is 0 Å². The fourth-order valence-corrected chi connectivity index (χ4v) is 3.07. The number of rotatable bonds is 6. The number of hydrogen-bond acceptors (Lipinski definition) is 3. The van der Waals surface area contributed by atoms with Crippen molar-refractivity contribution in [3.8, 4) is 11.5 Å². The summed E-state index contributed by atoms with van der Waals surface area (Å²) in [4.78, 5) is 0. The number of ether oxygens (including phenoxy) is 2. The maximum Gasteiger partial charge on any atom is 0.161 e. The van der Waals surface area contributed by atoms with Crippen molar-refractivity contribution in [3.63, 3.8) is 0 Å². The molecule has 112 valence electrons. The molecular weight excluding hydrogens is 250 g/mol. The Bertz CT molecular complexity index is 413. The molecule has 0 bridgehead atoms. The lowest BCUT2D eigenvalue weighted by Crippen LogP contribution is -2.39. The Morgan fingerprint density at radius 1 is 1.20 bits per heavy atom. The van der Waals surface area contributed by atoms with Crippen LogP contribution in [0, 0.1) is 12.8 Å². The van der Waals surface area contributed by atoms with E-state index >= 15 is 0 Å². The molecule has 2 rings (SSSR count). The summed E-state index contributed by atoms with van der Waals surface area (Å²) in [6.45, 7) is 2.77.